The van der Waals surface area contributed by atoms with Crippen molar-refractivity contribution in [2.45, 2.75) is 196 Å². The van der Waals surface area contributed by atoms with E-state index in [1.807, 2.05) is 0 Å². The highest BCUT2D eigenvalue weighted by Gasteiger charge is 2.68. The van der Waals surface area contributed by atoms with Gasteiger partial charge >= 0.3 is 0 Å². The number of nitrogens with zero attached hydrogens (tertiary/aromatic N) is 1. The Morgan fingerprint density at radius 2 is 0.725 bits per heavy atom. The number of unbranched alkanes of at least 4 members (excludes halogenated alkanes) is 4. The topological polar surface area (TPSA) is 0 Å². The summed E-state index contributed by atoms with van der Waals surface area (Å²) < 4.78 is 1.90. The van der Waals surface area contributed by atoms with Crippen LogP contribution < -0.4 is 4.70 Å². The van der Waals surface area contributed by atoms with Crippen LogP contribution in [0.4, 0.5) is 0 Å². The van der Waals surface area contributed by atoms with Crippen LogP contribution in [0.25, 0.3) is 0 Å². The van der Waals surface area contributed by atoms with E-state index in [-0.39, 0.29) is 4.70 Å². The van der Waals surface area contributed by atoms with Gasteiger partial charge in [-0.15, -0.1) is 0 Å². The fraction of sp³-hybridized carbons (Fsp3) is 1.00. The highest BCUT2D eigenvalue weighted by Crippen LogP contribution is 2.72. The van der Waals surface area contributed by atoms with Gasteiger partial charge in [0.1, 0.15) is 0 Å². The second-order valence-electron chi connectivity index (χ2n) is 17.6. The molecule has 0 saturated carbocycles. The average Bonchev–Trinajstić information content (AvgIpc) is 2.75. The maximum absolute atomic E-state index is 2.69. The highest BCUT2D eigenvalue weighted by atomic mass is 28.4. The fourth-order valence-electron chi connectivity index (χ4n) is 8.79. The zero-order valence-corrected chi connectivity index (χ0v) is 33.9. The largest absolute Gasteiger partial charge is 1.00 e. The number of halogens is 1. The third-order valence-corrected chi connectivity index (χ3v) is 29.6. The molecule has 0 bridgehead atoms. The summed E-state index contributed by atoms with van der Waals surface area (Å²) >= 11 is 0. The molecule has 0 aliphatic rings. The third kappa shape index (κ3) is 10.5. The SMILES string of the molecule is CC(C)C(C(C)(C)C)([Si](C)(C)C(C)(C)C)[Si](C)(C)C(C)(C)C.CCCC[N+](CCCC)(CCCC)CCCC.[F-]. The van der Waals surface area contributed by atoms with Gasteiger partial charge in [-0.1, -0.05) is 156 Å². The van der Waals surface area contributed by atoms with Crippen LogP contribution in [0.2, 0.25) is 40.9 Å². The zero-order valence-electron chi connectivity index (χ0n) is 31.9. The Kier molecular flexibility index (Phi) is 19.7. The Balaban J connectivity index is -0.000000689. The van der Waals surface area contributed by atoms with Crippen molar-refractivity contribution in [1.29, 1.82) is 0 Å². The molecule has 0 radical (unpaired) electrons. The summed E-state index contributed by atoms with van der Waals surface area (Å²) in [4.78, 5) is 0. The van der Waals surface area contributed by atoms with Gasteiger partial charge in [-0.25, -0.2) is 0 Å². The molecule has 0 unspecified atom stereocenters. The Hall–Kier alpha value is 0.324. The van der Waals surface area contributed by atoms with E-state index >= 15 is 0 Å². The minimum Gasteiger partial charge on any atom is -1.00 e. The summed E-state index contributed by atoms with van der Waals surface area (Å²) in [5.41, 5.74) is 0.340. The van der Waals surface area contributed by atoms with Gasteiger partial charge in [0, 0.05) is 0 Å². The van der Waals surface area contributed by atoms with E-state index < -0.39 is 16.1 Å². The van der Waals surface area contributed by atoms with Crippen molar-refractivity contribution in [1.82, 2.24) is 0 Å². The predicted octanol–water partition coefficient (Wildman–Crippen LogP) is 9.99. The van der Waals surface area contributed by atoms with Crippen LogP contribution in [0.5, 0.6) is 0 Å². The Bertz CT molecular complexity index is 584. The van der Waals surface area contributed by atoms with Crippen molar-refractivity contribution < 1.29 is 9.19 Å². The van der Waals surface area contributed by atoms with Crippen LogP contribution in [0.3, 0.4) is 0 Å². The monoisotopic (exact) mass is 604 g/mol. The van der Waals surface area contributed by atoms with E-state index in [4.69, 9.17) is 0 Å². The molecular weight excluding hydrogens is 522 g/mol. The summed E-state index contributed by atoms with van der Waals surface area (Å²) in [5.74, 6) is 0.731. The Morgan fingerprint density at radius 1 is 0.500 bits per heavy atom. The molecule has 246 valence electrons. The van der Waals surface area contributed by atoms with E-state index in [1.54, 1.807) is 0 Å². The molecular formula is C36H82FNSi2. The molecule has 0 aromatic heterocycles. The van der Waals surface area contributed by atoms with Gasteiger partial charge in [-0.2, -0.15) is 0 Å². The van der Waals surface area contributed by atoms with Crippen molar-refractivity contribution in [3.05, 3.63) is 0 Å². The molecule has 0 atom stereocenters. The van der Waals surface area contributed by atoms with E-state index in [1.165, 1.54) is 82.0 Å². The molecule has 0 heterocycles. The van der Waals surface area contributed by atoms with Crippen molar-refractivity contribution in [3.63, 3.8) is 0 Å². The van der Waals surface area contributed by atoms with Gasteiger partial charge in [0.2, 0.25) is 0 Å². The van der Waals surface area contributed by atoms with E-state index in [0.29, 0.717) is 20.2 Å². The van der Waals surface area contributed by atoms with E-state index in [2.05, 4.69) is 130 Å². The molecule has 0 aromatic rings. The second-order valence-corrected chi connectivity index (χ2v) is 29.2. The van der Waals surface area contributed by atoms with Gasteiger partial charge < -0.3 is 9.19 Å². The molecule has 0 aliphatic carbocycles. The number of hydrogen-bond acceptors (Lipinski definition) is 0. The van der Waals surface area contributed by atoms with Crippen molar-refractivity contribution in [2.24, 2.45) is 11.3 Å². The summed E-state index contributed by atoms with van der Waals surface area (Å²) in [6.45, 7) is 53.5. The minimum atomic E-state index is -1.57. The number of rotatable bonds is 15. The molecule has 1 nitrogen and oxygen atoms in total. The molecule has 40 heavy (non-hydrogen) atoms. The average molecular weight is 604 g/mol. The van der Waals surface area contributed by atoms with E-state index in [9.17, 15) is 0 Å². The number of hydrogen-bond donors (Lipinski definition) is 0. The van der Waals surface area contributed by atoms with Crippen LogP contribution >= 0.6 is 0 Å². The molecule has 0 rings (SSSR count). The van der Waals surface area contributed by atoms with E-state index in [0.717, 1.165) is 5.92 Å². The smallest absolute Gasteiger partial charge is 0.0786 e. The van der Waals surface area contributed by atoms with Crippen LogP contribution in [0.15, 0.2) is 0 Å². The first-order valence-electron chi connectivity index (χ1n) is 17.3. The van der Waals surface area contributed by atoms with Crippen LogP contribution in [-0.4, -0.2) is 46.8 Å². The van der Waals surface area contributed by atoms with Gasteiger partial charge in [-0.3, -0.25) is 0 Å². The molecule has 0 fully saturated rings. The Labute approximate surface area is 258 Å². The standard InChI is InChI=1S/C20H46Si2.C16H36N.FH/c1-16(2)20(17(3,4)5,21(12,13)18(6,7)8)22(14,15)19(9,10)11;1-5-9-13-17(14-10-6-2,15-11-7-3)16-12-8-4;/h16H,1-15H3;5-16H2,1-4H3;1H/q;+1;/p-1. The van der Waals surface area contributed by atoms with Gasteiger partial charge in [0.15, 0.2) is 0 Å². The van der Waals surface area contributed by atoms with Crippen molar-refractivity contribution in [3.8, 4) is 0 Å². The van der Waals surface area contributed by atoms with Crippen LogP contribution in [-0.2, 0) is 0 Å². The molecule has 0 spiro atoms. The zero-order chi connectivity index (χ0) is 31.6. The lowest BCUT2D eigenvalue weighted by atomic mass is 9.84. The molecule has 4 heteroatoms. The molecule has 0 amide bonds. The lowest BCUT2D eigenvalue weighted by molar-refractivity contribution is -0.929. The summed E-state index contributed by atoms with van der Waals surface area (Å²) in [7, 11) is -3.13. The van der Waals surface area contributed by atoms with Gasteiger partial charge in [0.05, 0.1) is 42.3 Å². The fourth-order valence-corrected chi connectivity index (χ4v) is 26.3. The minimum absolute atomic E-state index is 0. The van der Waals surface area contributed by atoms with Gasteiger partial charge in [-0.05, 0) is 51.8 Å². The third-order valence-electron chi connectivity index (χ3n) is 11.7. The van der Waals surface area contributed by atoms with Crippen LogP contribution in [0.1, 0.15) is 155 Å². The molecule has 0 N–H and O–H groups in total. The normalized spacial score (nSPS) is 14.1. The van der Waals surface area contributed by atoms with Crippen LogP contribution in [0, 0.1) is 11.3 Å². The lowest BCUT2D eigenvalue weighted by Crippen LogP contribution is -3.00. The molecule has 0 saturated heterocycles. The summed E-state index contributed by atoms with van der Waals surface area (Å²) in [5, 5.41) is 0.833. The highest BCUT2D eigenvalue weighted by molar-refractivity contribution is 7.02. The second kappa shape index (κ2) is 17.6. The molecule has 0 aromatic carbocycles. The summed E-state index contributed by atoms with van der Waals surface area (Å²) in [6.07, 6.45) is 11.1. The van der Waals surface area contributed by atoms with Crippen molar-refractivity contribution >= 4 is 16.1 Å². The van der Waals surface area contributed by atoms with Crippen molar-refractivity contribution in [2.75, 3.05) is 26.2 Å². The maximum Gasteiger partial charge on any atom is 0.0786 e. The lowest BCUT2D eigenvalue weighted by Gasteiger charge is -2.70. The first-order valence-corrected chi connectivity index (χ1v) is 23.3. The Morgan fingerprint density at radius 3 is 0.850 bits per heavy atom. The van der Waals surface area contributed by atoms with Gasteiger partial charge in [0.25, 0.3) is 0 Å². The summed E-state index contributed by atoms with van der Waals surface area (Å²) in [6, 6.07) is 0. The molecule has 0 aliphatic heterocycles. The first-order chi connectivity index (χ1) is 17.4. The number of quaternary nitrogens is 1. The maximum atomic E-state index is 2.69. The first kappa shape index (κ1) is 44.8. The quantitative estimate of drug-likeness (QED) is 0.129. The predicted molar refractivity (Wildman–Crippen MR) is 191 cm³/mol.